The van der Waals surface area contributed by atoms with Crippen molar-refractivity contribution < 1.29 is 31.2 Å². The van der Waals surface area contributed by atoms with Crippen LogP contribution in [0.25, 0.3) is 0 Å². The predicted octanol–water partition coefficient (Wildman–Crippen LogP) is 5.11. The molecule has 0 heterocycles. The maximum absolute atomic E-state index is 13.2. The second-order valence-corrected chi connectivity index (χ2v) is 11.0. The number of hydrogen-bond acceptors (Lipinski definition) is 4. The summed E-state index contributed by atoms with van der Waals surface area (Å²) in [5.41, 5.74) is -0.514. The second kappa shape index (κ2) is 12.8. The molecule has 0 aliphatic heterocycles. The van der Waals surface area contributed by atoms with Gasteiger partial charge in [0.05, 0.1) is 27.6 Å². The lowest BCUT2D eigenvalue weighted by Crippen LogP contribution is -2.48. The number of amides is 2. The van der Waals surface area contributed by atoms with Crippen LogP contribution < -0.4 is 9.62 Å². The van der Waals surface area contributed by atoms with Crippen molar-refractivity contribution in [1.82, 2.24) is 10.2 Å². The first kappa shape index (κ1) is 30.7. The molecule has 7 nitrogen and oxygen atoms in total. The zero-order valence-electron chi connectivity index (χ0n) is 20.5. The summed E-state index contributed by atoms with van der Waals surface area (Å²) >= 11 is 12.1. The van der Waals surface area contributed by atoms with E-state index in [1.165, 1.54) is 18.0 Å². The Hall–Kier alpha value is -2.50. The lowest BCUT2D eigenvalue weighted by atomic mass is 10.1. The van der Waals surface area contributed by atoms with Crippen molar-refractivity contribution in [3.63, 3.8) is 0 Å². The van der Waals surface area contributed by atoms with E-state index in [4.69, 9.17) is 23.2 Å². The van der Waals surface area contributed by atoms with E-state index >= 15 is 0 Å². The number of hydrogen-bond donors (Lipinski definition) is 1. The van der Waals surface area contributed by atoms with Gasteiger partial charge in [-0.1, -0.05) is 42.3 Å². The number of alkyl halides is 3. The van der Waals surface area contributed by atoms with Gasteiger partial charge in [-0.25, -0.2) is 8.42 Å². The minimum Gasteiger partial charge on any atom is -0.357 e. The number of nitrogens with one attached hydrogen (secondary N) is 1. The van der Waals surface area contributed by atoms with Gasteiger partial charge in [0.1, 0.15) is 6.04 Å². The monoisotopic (exact) mass is 581 g/mol. The molecule has 2 aromatic carbocycles. The van der Waals surface area contributed by atoms with Crippen LogP contribution in [0.3, 0.4) is 0 Å². The number of likely N-dealkylation sites (N-methyl/N-ethyl adjacent to an activating group) is 1. The van der Waals surface area contributed by atoms with E-state index in [9.17, 15) is 31.2 Å². The van der Waals surface area contributed by atoms with E-state index in [-0.39, 0.29) is 42.5 Å². The molecule has 0 unspecified atom stereocenters. The van der Waals surface area contributed by atoms with Gasteiger partial charge in [0.2, 0.25) is 21.8 Å². The Kier molecular flexibility index (Phi) is 10.7. The summed E-state index contributed by atoms with van der Waals surface area (Å²) in [5, 5.41) is 3.14. The lowest BCUT2D eigenvalue weighted by molar-refractivity contribution is -0.141. The topological polar surface area (TPSA) is 86.8 Å². The molecule has 0 saturated carbocycles. The number of sulfonamides is 1. The first-order valence-corrected chi connectivity index (χ1v) is 13.9. The van der Waals surface area contributed by atoms with Crippen molar-refractivity contribution in [3.05, 3.63) is 63.6 Å². The molecular formula is C24H28Cl2F3N3O4S. The molecule has 1 atom stereocenters. The van der Waals surface area contributed by atoms with Gasteiger partial charge in [0.15, 0.2) is 0 Å². The Morgan fingerprint density at radius 2 is 1.76 bits per heavy atom. The van der Waals surface area contributed by atoms with Gasteiger partial charge in [0, 0.05) is 26.6 Å². The van der Waals surface area contributed by atoms with Crippen LogP contribution in [-0.2, 0) is 32.3 Å². The van der Waals surface area contributed by atoms with E-state index in [0.717, 1.165) is 28.8 Å². The van der Waals surface area contributed by atoms with Crippen molar-refractivity contribution in [2.24, 2.45) is 0 Å². The molecule has 2 aromatic rings. The fourth-order valence-corrected chi connectivity index (χ4v) is 5.04. The maximum Gasteiger partial charge on any atom is 0.416 e. The molecule has 204 valence electrons. The van der Waals surface area contributed by atoms with E-state index in [1.807, 2.05) is 0 Å². The number of nitrogens with zero attached hydrogens (tertiary/aromatic N) is 2. The largest absolute Gasteiger partial charge is 0.416 e. The minimum absolute atomic E-state index is 0.00417. The second-order valence-electron chi connectivity index (χ2n) is 8.30. The highest BCUT2D eigenvalue weighted by Gasteiger charge is 2.32. The molecule has 2 rings (SSSR count). The van der Waals surface area contributed by atoms with Gasteiger partial charge >= 0.3 is 6.18 Å². The van der Waals surface area contributed by atoms with Gasteiger partial charge in [-0.15, -0.1) is 0 Å². The van der Waals surface area contributed by atoms with Crippen LogP contribution in [0.5, 0.6) is 0 Å². The molecule has 0 bridgehead atoms. The SMILES string of the molecule is CC[C@H](C(=O)NC)N(Cc1ccc(Cl)c(Cl)c1)C(=O)CCCN(c1cccc(C(F)(F)F)c1)S(C)(=O)=O. The standard InChI is InChI=1S/C24H28Cl2F3N3O4S/c1-4-21(23(34)30-2)31(15-16-10-11-19(25)20(26)13-16)22(33)9-6-12-32(37(3,35)36)18-8-5-7-17(14-18)24(27,28)29/h5,7-8,10-11,13-14,21H,4,6,9,12,15H2,1-3H3,(H,30,34)/t21-/m1/s1. The first-order valence-electron chi connectivity index (χ1n) is 11.3. The Morgan fingerprint density at radius 1 is 1.08 bits per heavy atom. The maximum atomic E-state index is 13.2. The van der Waals surface area contributed by atoms with E-state index < -0.39 is 33.7 Å². The number of anilines is 1. The summed E-state index contributed by atoms with van der Waals surface area (Å²) < 4.78 is 65.0. The fourth-order valence-electron chi connectivity index (χ4n) is 3.76. The van der Waals surface area contributed by atoms with E-state index in [0.29, 0.717) is 17.0 Å². The van der Waals surface area contributed by atoms with Gasteiger partial charge in [-0.3, -0.25) is 13.9 Å². The quantitative estimate of drug-likeness (QED) is 0.399. The average molecular weight is 582 g/mol. The highest BCUT2D eigenvalue weighted by molar-refractivity contribution is 7.92. The number of rotatable bonds is 11. The summed E-state index contributed by atoms with van der Waals surface area (Å²) in [7, 11) is -2.49. The molecule has 2 amide bonds. The molecule has 13 heteroatoms. The average Bonchev–Trinajstić information content (AvgIpc) is 2.82. The van der Waals surface area contributed by atoms with Crippen molar-refractivity contribution in [2.75, 3.05) is 24.2 Å². The normalized spacial score (nSPS) is 12.6. The minimum atomic E-state index is -4.64. The third kappa shape index (κ3) is 8.51. The predicted molar refractivity (Wildman–Crippen MR) is 138 cm³/mol. The molecule has 0 fully saturated rings. The highest BCUT2D eigenvalue weighted by Crippen LogP contribution is 2.32. The summed E-state index contributed by atoms with van der Waals surface area (Å²) in [6.07, 6.45) is -3.60. The Morgan fingerprint density at radius 3 is 2.30 bits per heavy atom. The van der Waals surface area contributed by atoms with Crippen LogP contribution >= 0.6 is 23.2 Å². The molecule has 0 saturated heterocycles. The third-order valence-corrected chi connectivity index (χ3v) is 7.52. The van der Waals surface area contributed by atoms with Crippen LogP contribution in [0, 0.1) is 0 Å². The lowest BCUT2D eigenvalue weighted by Gasteiger charge is -2.31. The van der Waals surface area contributed by atoms with Crippen molar-refractivity contribution >= 4 is 50.7 Å². The van der Waals surface area contributed by atoms with Crippen molar-refractivity contribution in [2.45, 2.75) is 44.9 Å². The number of carbonyl (C=O) groups excluding carboxylic acids is 2. The molecule has 0 aliphatic rings. The Bertz CT molecular complexity index is 1230. The van der Waals surface area contributed by atoms with Crippen LogP contribution in [0.15, 0.2) is 42.5 Å². The Labute approximate surface area is 224 Å². The number of carbonyl (C=O) groups is 2. The highest BCUT2D eigenvalue weighted by atomic mass is 35.5. The summed E-state index contributed by atoms with van der Waals surface area (Å²) in [4.78, 5) is 27.1. The smallest absolute Gasteiger partial charge is 0.357 e. The number of halogens is 5. The van der Waals surface area contributed by atoms with Crippen LogP contribution in [0.2, 0.25) is 10.0 Å². The van der Waals surface area contributed by atoms with Crippen molar-refractivity contribution in [1.29, 1.82) is 0 Å². The first-order chi connectivity index (χ1) is 17.2. The van der Waals surface area contributed by atoms with Crippen LogP contribution in [0.4, 0.5) is 18.9 Å². The molecular weight excluding hydrogens is 554 g/mol. The van der Waals surface area contributed by atoms with E-state index in [2.05, 4.69) is 5.32 Å². The van der Waals surface area contributed by atoms with Crippen molar-refractivity contribution in [3.8, 4) is 0 Å². The van der Waals surface area contributed by atoms with Crippen LogP contribution in [0.1, 0.15) is 37.3 Å². The van der Waals surface area contributed by atoms with E-state index in [1.54, 1.807) is 25.1 Å². The molecule has 0 spiro atoms. The number of benzene rings is 2. The zero-order chi connectivity index (χ0) is 28.0. The zero-order valence-corrected chi connectivity index (χ0v) is 22.8. The molecule has 0 aromatic heterocycles. The molecule has 0 radical (unpaired) electrons. The van der Waals surface area contributed by atoms with Crippen LogP contribution in [-0.4, -0.2) is 51.0 Å². The Balaban J connectivity index is 2.25. The summed E-state index contributed by atoms with van der Waals surface area (Å²) in [5.74, 6) is -0.809. The molecule has 1 N–H and O–H groups in total. The molecule has 0 aliphatic carbocycles. The fraction of sp³-hybridized carbons (Fsp3) is 0.417. The summed E-state index contributed by atoms with van der Waals surface area (Å²) in [6, 6.07) is 7.99. The van der Waals surface area contributed by atoms with Gasteiger partial charge in [0.25, 0.3) is 0 Å². The van der Waals surface area contributed by atoms with Gasteiger partial charge < -0.3 is 10.2 Å². The van der Waals surface area contributed by atoms with Gasteiger partial charge in [-0.05, 0) is 48.7 Å². The van der Waals surface area contributed by atoms with Gasteiger partial charge in [-0.2, -0.15) is 13.2 Å². The summed E-state index contributed by atoms with van der Waals surface area (Å²) in [6.45, 7) is 1.56. The molecule has 37 heavy (non-hydrogen) atoms. The third-order valence-electron chi connectivity index (χ3n) is 5.58.